The van der Waals surface area contributed by atoms with Gasteiger partial charge in [0.05, 0.1) is 5.41 Å². The predicted octanol–water partition coefficient (Wildman–Crippen LogP) is 2.72. The van der Waals surface area contributed by atoms with Gasteiger partial charge in [-0.1, -0.05) is 20.8 Å². The van der Waals surface area contributed by atoms with Gasteiger partial charge in [0, 0.05) is 12.8 Å². The second kappa shape index (κ2) is 3.82. The largest absolute Gasteiger partial charge is 0.461 e. The van der Waals surface area contributed by atoms with Gasteiger partial charge in [-0.25, -0.2) is 0 Å². The lowest BCUT2D eigenvalue weighted by molar-refractivity contribution is -0.160. The minimum absolute atomic E-state index is 0.0404. The summed E-state index contributed by atoms with van der Waals surface area (Å²) in [6, 6.07) is 0. The molecule has 17 heavy (non-hydrogen) atoms. The van der Waals surface area contributed by atoms with Gasteiger partial charge in [-0.3, -0.25) is 9.59 Å². The van der Waals surface area contributed by atoms with Crippen molar-refractivity contribution >= 4 is 11.8 Å². The lowest BCUT2D eigenvalue weighted by Gasteiger charge is -2.36. The summed E-state index contributed by atoms with van der Waals surface area (Å²) >= 11 is 0. The number of fused-ring (bicyclic) bond motifs is 2. The Morgan fingerprint density at radius 3 is 2.53 bits per heavy atom. The Bertz CT molecular complexity index is 358. The second-order valence-corrected chi connectivity index (χ2v) is 6.21. The number of Topliss-reactive ketones (excluding diaryl/α,β-unsaturated/α-hetero) is 1. The number of hydrogen-bond donors (Lipinski definition) is 0. The Kier molecular flexibility index (Phi) is 2.83. The van der Waals surface area contributed by atoms with E-state index in [9.17, 15) is 9.59 Å². The van der Waals surface area contributed by atoms with E-state index in [4.69, 9.17) is 4.74 Å². The van der Waals surface area contributed by atoms with Crippen LogP contribution >= 0.6 is 0 Å². The molecule has 2 saturated carbocycles. The SMILES string of the molecule is CCCC(=O)OC1CC2CC(=O)C1(C)C2(C)C. The van der Waals surface area contributed by atoms with Crippen molar-refractivity contribution in [1.29, 1.82) is 0 Å². The lowest BCUT2D eigenvalue weighted by Crippen LogP contribution is -2.43. The smallest absolute Gasteiger partial charge is 0.306 e. The van der Waals surface area contributed by atoms with E-state index in [0.717, 1.165) is 12.8 Å². The number of rotatable bonds is 3. The van der Waals surface area contributed by atoms with Crippen molar-refractivity contribution in [1.82, 2.24) is 0 Å². The van der Waals surface area contributed by atoms with Crippen LogP contribution in [0.4, 0.5) is 0 Å². The molecule has 3 unspecified atom stereocenters. The third kappa shape index (κ3) is 1.54. The summed E-state index contributed by atoms with van der Waals surface area (Å²) in [7, 11) is 0. The molecule has 2 fully saturated rings. The first-order valence-electron chi connectivity index (χ1n) is 6.56. The van der Waals surface area contributed by atoms with Gasteiger partial charge >= 0.3 is 5.97 Å². The molecule has 3 atom stereocenters. The van der Waals surface area contributed by atoms with Crippen LogP contribution in [0.3, 0.4) is 0 Å². The highest BCUT2D eigenvalue weighted by atomic mass is 16.5. The van der Waals surface area contributed by atoms with E-state index in [-0.39, 0.29) is 23.3 Å². The molecule has 2 rings (SSSR count). The van der Waals surface area contributed by atoms with Crippen molar-refractivity contribution in [2.45, 2.75) is 59.5 Å². The molecule has 0 aliphatic heterocycles. The number of hydrogen-bond acceptors (Lipinski definition) is 3. The quantitative estimate of drug-likeness (QED) is 0.710. The van der Waals surface area contributed by atoms with Crippen LogP contribution in [0.25, 0.3) is 0 Å². The van der Waals surface area contributed by atoms with Crippen LogP contribution in [0, 0.1) is 16.7 Å². The summed E-state index contributed by atoms with van der Waals surface area (Å²) in [5.41, 5.74) is -0.512. The molecule has 3 heteroatoms. The molecule has 0 N–H and O–H groups in total. The summed E-state index contributed by atoms with van der Waals surface area (Å²) in [6.45, 7) is 8.21. The fraction of sp³-hybridized carbons (Fsp3) is 0.857. The zero-order valence-electron chi connectivity index (χ0n) is 11.2. The van der Waals surface area contributed by atoms with Crippen LogP contribution in [0.1, 0.15) is 53.4 Å². The molecule has 0 aromatic rings. The monoisotopic (exact) mass is 238 g/mol. The summed E-state index contributed by atoms with van der Waals surface area (Å²) in [5, 5.41) is 0. The van der Waals surface area contributed by atoms with Crippen LogP contribution in [0.5, 0.6) is 0 Å². The summed E-state index contributed by atoms with van der Waals surface area (Å²) in [5.74, 6) is 0.488. The molecule has 0 aromatic carbocycles. The van der Waals surface area contributed by atoms with Gasteiger partial charge in [-0.2, -0.15) is 0 Å². The maximum atomic E-state index is 12.1. The first-order chi connectivity index (χ1) is 7.84. The number of carbonyl (C=O) groups excluding carboxylic acids is 2. The maximum Gasteiger partial charge on any atom is 0.306 e. The number of esters is 1. The van der Waals surface area contributed by atoms with Crippen molar-refractivity contribution in [3.8, 4) is 0 Å². The Hall–Kier alpha value is -0.860. The van der Waals surface area contributed by atoms with Crippen molar-refractivity contribution in [2.75, 3.05) is 0 Å². The molecular weight excluding hydrogens is 216 g/mol. The zero-order valence-corrected chi connectivity index (χ0v) is 11.2. The average molecular weight is 238 g/mol. The van der Waals surface area contributed by atoms with Gasteiger partial charge < -0.3 is 4.74 Å². The van der Waals surface area contributed by atoms with Crippen molar-refractivity contribution in [3.05, 3.63) is 0 Å². The highest BCUT2D eigenvalue weighted by Gasteiger charge is 2.67. The molecular formula is C14H22O3. The summed E-state index contributed by atoms with van der Waals surface area (Å²) in [6.07, 6.45) is 2.55. The first kappa shape index (κ1) is 12.6. The third-order valence-electron chi connectivity index (χ3n) is 5.24. The van der Waals surface area contributed by atoms with Crippen LogP contribution in [-0.4, -0.2) is 17.9 Å². The standard InChI is InChI=1S/C14H22O3/c1-5-6-12(16)17-11-8-9-7-10(15)14(11,4)13(9,2)3/h9,11H,5-8H2,1-4H3. The third-order valence-corrected chi connectivity index (χ3v) is 5.24. The minimum atomic E-state index is -0.471. The molecule has 3 nitrogen and oxygen atoms in total. The fourth-order valence-corrected chi connectivity index (χ4v) is 3.53. The zero-order chi connectivity index (χ0) is 12.8. The van der Waals surface area contributed by atoms with Crippen molar-refractivity contribution in [2.24, 2.45) is 16.7 Å². The van der Waals surface area contributed by atoms with Gasteiger partial charge in [0.25, 0.3) is 0 Å². The molecule has 2 aliphatic carbocycles. The van der Waals surface area contributed by atoms with E-state index in [1.54, 1.807) is 0 Å². The van der Waals surface area contributed by atoms with Gasteiger partial charge in [0.2, 0.25) is 0 Å². The van der Waals surface area contributed by atoms with Gasteiger partial charge in [-0.15, -0.1) is 0 Å². The van der Waals surface area contributed by atoms with E-state index < -0.39 is 5.41 Å². The molecule has 0 heterocycles. The van der Waals surface area contributed by atoms with E-state index >= 15 is 0 Å². The molecule has 2 aliphatic rings. The fourth-order valence-electron chi connectivity index (χ4n) is 3.53. The minimum Gasteiger partial charge on any atom is -0.461 e. The Balaban J connectivity index is 2.18. The number of ether oxygens (including phenoxy) is 1. The lowest BCUT2D eigenvalue weighted by atomic mass is 9.69. The van der Waals surface area contributed by atoms with Crippen LogP contribution in [-0.2, 0) is 14.3 Å². The first-order valence-corrected chi connectivity index (χ1v) is 6.56. The molecule has 0 amide bonds. The average Bonchev–Trinajstić information content (AvgIpc) is 2.50. The maximum absolute atomic E-state index is 12.1. The van der Waals surface area contributed by atoms with Crippen molar-refractivity contribution in [3.63, 3.8) is 0 Å². The Morgan fingerprint density at radius 2 is 2.06 bits per heavy atom. The van der Waals surface area contributed by atoms with Gasteiger partial charge in [-0.05, 0) is 31.1 Å². The van der Waals surface area contributed by atoms with E-state index in [2.05, 4.69) is 13.8 Å². The molecule has 0 radical (unpaired) electrons. The van der Waals surface area contributed by atoms with E-state index in [1.807, 2.05) is 13.8 Å². The van der Waals surface area contributed by atoms with E-state index in [1.165, 1.54) is 0 Å². The molecule has 0 spiro atoms. The highest BCUT2D eigenvalue weighted by Crippen LogP contribution is 2.64. The van der Waals surface area contributed by atoms with Crippen LogP contribution in [0.2, 0.25) is 0 Å². The molecule has 0 aromatic heterocycles. The molecule has 0 saturated heterocycles. The second-order valence-electron chi connectivity index (χ2n) is 6.21. The highest BCUT2D eigenvalue weighted by molar-refractivity contribution is 5.90. The van der Waals surface area contributed by atoms with Gasteiger partial charge in [0.15, 0.2) is 0 Å². The van der Waals surface area contributed by atoms with Crippen molar-refractivity contribution < 1.29 is 14.3 Å². The van der Waals surface area contributed by atoms with Crippen LogP contribution < -0.4 is 0 Å². The van der Waals surface area contributed by atoms with Gasteiger partial charge in [0.1, 0.15) is 11.9 Å². The van der Waals surface area contributed by atoms with Crippen LogP contribution in [0.15, 0.2) is 0 Å². The Labute approximate surface area is 103 Å². The van der Waals surface area contributed by atoms with E-state index in [0.29, 0.717) is 18.8 Å². The normalized spacial score (nSPS) is 38.5. The number of ketones is 1. The molecule has 96 valence electrons. The Morgan fingerprint density at radius 1 is 1.41 bits per heavy atom. The predicted molar refractivity (Wildman–Crippen MR) is 64.4 cm³/mol. The summed E-state index contributed by atoms with van der Waals surface area (Å²) < 4.78 is 5.53. The summed E-state index contributed by atoms with van der Waals surface area (Å²) in [4.78, 5) is 23.7. The number of carbonyl (C=O) groups is 2. The topological polar surface area (TPSA) is 43.4 Å². The molecule has 2 bridgehead atoms.